The molecule has 0 saturated carbocycles. The Hall–Kier alpha value is -2.41. The van der Waals surface area contributed by atoms with E-state index in [-0.39, 0.29) is 6.61 Å². The Morgan fingerprint density at radius 3 is 2.81 bits per heavy atom. The monoisotopic (exact) mass is 303 g/mol. The summed E-state index contributed by atoms with van der Waals surface area (Å²) in [5, 5.41) is 9.50. The van der Waals surface area contributed by atoms with Crippen LogP contribution in [0.4, 0.5) is 0 Å². The molecule has 7 heteroatoms. The van der Waals surface area contributed by atoms with Gasteiger partial charge in [0.15, 0.2) is 6.61 Å². The number of rotatable bonds is 5. The average Bonchev–Trinajstić information content (AvgIpc) is 3.24. The number of ether oxygens (including phenoxy) is 1. The van der Waals surface area contributed by atoms with E-state index in [9.17, 15) is 4.79 Å². The molecular weight excluding hydrogens is 290 g/mol. The summed E-state index contributed by atoms with van der Waals surface area (Å²) < 4.78 is 12.4. The second kappa shape index (κ2) is 5.92. The van der Waals surface area contributed by atoms with Crippen LogP contribution in [0.1, 0.15) is 28.4 Å². The molecule has 0 unspecified atom stereocenters. The molecule has 0 radical (unpaired) electrons. The number of aryl methyl sites for hydroxylation is 1. The first kappa shape index (κ1) is 13.6. The van der Waals surface area contributed by atoms with Gasteiger partial charge in [-0.25, -0.2) is 4.79 Å². The Kier molecular flexibility index (Phi) is 3.83. The van der Waals surface area contributed by atoms with Gasteiger partial charge in [0.1, 0.15) is 4.88 Å². The number of thiophene rings is 1. The second-order valence-corrected chi connectivity index (χ2v) is 5.16. The van der Waals surface area contributed by atoms with Gasteiger partial charge in [-0.3, -0.25) is 0 Å². The first-order valence-corrected chi connectivity index (χ1v) is 7.35. The minimum Gasteiger partial charge on any atom is -0.451 e. The van der Waals surface area contributed by atoms with E-state index in [1.807, 2.05) is 47.5 Å². The van der Waals surface area contributed by atoms with Crippen molar-refractivity contribution in [1.29, 1.82) is 0 Å². The van der Waals surface area contributed by atoms with Gasteiger partial charge in [-0.05, 0) is 23.6 Å². The molecule has 0 bridgehead atoms. The number of nitrogens with zero attached hydrogens (tertiary/aromatic N) is 3. The molecule has 0 spiro atoms. The van der Waals surface area contributed by atoms with Gasteiger partial charge in [0.2, 0.25) is 5.89 Å². The van der Waals surface area contributed by atoms with Crippen molar-refractivity contribution in [2.75, 3.05) is 0 Å². The highest BCUT2D eigenvalue weighted by molar-refractivity contribution is 7.12. The van der Waals surface area contributed by atoms with Gasteiger partial charge in [-0.1, -0.05) is 6.92 Å². The molecule has 0 amide bonds. The molecule has 0 fully saturated rings. The van der Waals surface area contributed by atoms with E-state index in [1.54, 1.807) is 0 Å². The van der Waals surface area contributed by atoms with Gasteiger partial charge in [0, 0.05) is 18.8 Å². The van der Waals surface area contributed by atoms with Crippen LogP contribution >= 0.6 is 11.3 Å². The van der Waals surface area contributed by atoms with Crippen LogP contribution in [0.5, 0.6) is 0 Å². The van der Waals surface area contributed by atoms with Crippen molar-refractivity contribution in [2.45, 2.75) is 20.0 Å². The maximum atomic E-state index is 12.2. The molecule has 0 saturated heterocycles. The predicted octanol–water partition coefficient (Wildman–Crippen LogP) is 2.84. The molecule has 0 aliphatic rings. The fourth-order valence-electron chi connectivity index (χ4n) is 1.84. The van der Waals surface area contributed by atoms with E-state index < -0.39 is 5.97 Å². The molecule has 0 atom stereocenters. The Morgan fingerprint density at radius 2 is 2.10 bits per heavy atom. The molecule has 108 valence electrons. The van der Waals surface area contributed by atoms with Crippen LogP contribution in [0.25, 0.3) is 5.69 Å². The van der Waals surface area contributed by atoms with E-state index in [2.05, 4.69) is 10.2 Å². The smallest absolute Gasteiger partial charge is 0.350 e. The molecule has 3 rings (SSSR count). The lowest BCUT2D eigenvalue weighted by molar-refractivity contribution is 0.0442. The van der Waals surface area contributed by atoms with Gasteiger partial charge >= 0.3 is 5.97 Å². The van der Waals surface area contributed by atoms with Gasteiger partial charge < -0.3 is 13.7 Å². The molecule has 3 heterocycles. The lowest BCUT2D eigenvalue weighted by atomic mass is 10.4. The first-order valence-electron chi connectivity index (χ1n) is 6.47. The summed E-state index contributed by atoms with van der Waals surface area (Å²) in [6.45, 7) is 1.90. The van der Waals surface area contributed by atoms with Crippen LogP contribution in [0.15, 0.2) is 40.4 Å². The van der Waals surface area contributed by atoms with Crippen LogP contribution in [-0.2, 0) is 17.8 Å². The molecule has 0 N–H and O–H groups in total. The summed E-state index contributed by atoms with van der Waals surface area (Å²) in [4.78, 5) is 12.7. The maximum absolute atomic E-state index is 12.2. The van der Waals surface area contributed by atoms with Crippen LogP contribution < -0.4 is 0 Å². The summed E-state index contributed by atoms with van der Waals surface area (Å²) in [5.74, 6) is 0.439. The largest absolute Gasteiger partial charge is 0.451 e. The van der Waals surface area contributed by atoms with E-state index in [0.29, 0.717) is 23.1 Å². The molecule has 0 aliphatic heterocycles. The number of hydrogen-bond acceptors (Lipinski definition) is 6. The Bertz CT molecular complexity index is 730. The zero-order valence-corrected chi connectivity index (χ0v) is 12.2. The highest BCUT2D eigenvalue weighted by Gasteiger charge is 2.17. The summed E-state index contributed by atoms with van der Waals surface area (Å²) in [6.07, 6.45) is 4.42. The van der Waals surface area contributed by atoms with Crippen LogP contribution in [0.3, 0.4) is 0 Å². The number of carbonyl (C=O) groups is 1. The van der Waals surface area contributed by atoms with E-state index in [1.165, 1.54) is 11.3 Å². The van der Waals surface area contributed by atoms with Crippen LogP contribution in [0, 0.1) is 0 Å². The molecule has 3 aromatic heterocycles. The van der Waals surface area contributed by atoms with Gasteiger partial charge in [-0.2, -0.15) is 0 Å². The lowest BCUT2D eigenvalue weighted by Crippen LogP contribution is -2.06. The Labute approximate surface area is 125 Å². The maximum Gasteiger partial charge on any atom is 0.350 e. The summed E-state index contributed by atoms with van der Waals surface area (Å²) in [6, 6.07) is 5.68. The normalized spacial score (nSPS) is 10.7. The van der Waals surface area contributed by atoms with Crippen molar-refractivity contribution in [2.24, 2.45) is 0 Å². The molecule has 3 aromatic rings. The average molecular weight is 303 g/mol. The minimum atomic E-state index is -0.398. The van der Waals surface area contributed by atoms with Gasteiger partial charge in [0.25, 0.3) is 5.89 Å². The van der Waals surface area contributed by atoms with Crippen molar-refractivity contribution in [1.82, 2.24) is 14.8 Å². The van der Waals surface area contributed by atoms with E-state index in [0.717, 1.165) is 5.69 Å². The van der Waals surface area contributed by atoms with E-state index >= 15 is 0 Å². The highest BCUT2D eigenvalue weighted by Crippen LogP contribution is 2.22. The Morgan fingerprint density at radius 1 is 1.33 bits per heavy atom. The van der Waals surface area contributed by atoms with Crippen molar-refractivity contribution >= 4 is 17.3 Å². The number of hydrogen-bond donors (Lipinski definition) is 0. The third-order valence-corrected chi connectivity index (χ3v) is 3.73. The summed E-state index contributed by atoms with van der Waals surface area (Å²) in [7, 11) is 0. The quantitative estimate of drug-likeness (QED) is 0.678. The van der Waals surface area contributed by atoms with Crippen LogP contribution in [-0.4, -0.2) is 20.7 Å². The zero-order chi connectivity index (χ0) is 14.7. The van der Waals surface area contributed by atoms with Gasteiger partial charge in [0.05, 0.1) is 5.69 Å². The lowest BCUT2D eigenvalue weighted by Gasteiger charge is -2.04. The standard InChI is InChI=1S/C14H13N3O3S/c1-2-11-15-16-12(20-11)9-19-14(18)13-10(5-8-21-13)17-6-3-4-7-17/h3-8H,2,9H2,1H3. The van der Waals surface area contributed by atoms with Crippen LogP contribution in [0.2, 0.25) is 0 Å². The van der Waals surface area contributed by atoms with E-state index in [4.69, 9.17) is 9.15 Å². The molecular formula is C14H13N3O3S. The fraction of sp³-hybridized carbons (Fsp3) is 0.214. The third kappa shape index (κ3) is 2.87. The third-order valence-electron chi connectivity index (χ3n) is 2.85. The SMILES string of the molecule is CCc1nnc(COC(=O)c2sccc2-n2cccc2)o1. The second-order valence-electron chi connectivity index (χ2n) is 4.24. The molecule has 21 heavy (non-hydrogen) atoms. The van der Waals surface area contributed by atoms with Crippen molar-refractivity contribution < 1.29 is 13.9 Å². The summed E-state index contributed by atoms with van der Waals surface area (Å²) in [5.41, 5.74) is 0.801. The number of carbonyl (C=O) groups excluding carboxylic acids is 1. The molecule has 0 aromatic carbocycles. The number of aromatic nitrogens is 3. The zero-order valence-electron chi connectivity index (χ0n) is 11.4. The van der Waals surface area contributed by atoms with Crippen molar-refractivity contribution in [3.05, 3.63) is 52.6 Å². The summed E-state index contributed by atoms with van der Waals surface area (Å²) >= 11 is 1.34. The molecule has 0 aliphatic carbocycles. The minimum absolute atomic E-state index is 0.0190. The van der Waals surface area contributed by atoms with Gasteiger partial charge in [-0.15, -0.1) is 21.5 Å². The topological polar surface area (TPSA) is 70.2 Å². The number of esters is 1. The Balaban J connectivity index is 1.70. The predicted molar refractivity (Wildman–Crippen MR) is 76.4 cm³/mol. The first-order chi connectivity index (χ1) is 10.3. The van der Waals surface area contributed by atoms with Crippen molar-refractivity contribution in [3.8, 4) is 5.69 Å². The highest BCUT2D eigenvalue weighted by atomic mass is 32.1. The van der Waals surface area contributed by atoms with Crippen molar-refractivity contribution in [3.63, 3.8) is 0 Å². The fourth-order valence-corrected chi connectivity index (χ4v) is 2.62. The molecule has 6 nitrogen and oxygen atoms in total.